The highest BCUT2D eigenvalue weighted by atomic mass is 16.2. The van der Waals surface area contributed by atoms with Crippen LogP contribution in [-0.2, 0) is 4.79 Å². The Morgan fingerprint density at radius 2 is 2.00 bits per heavy atom. The topological polar surface area (TPSA) is 72.9 Å². The van der Waals surface area contributed by atoms with Gasteiger partial charge in [-0.3, -0.25) is 4.79 Å². The second-order valence-electron chi connectivity index (χ2n) is 4.79. The zero-order valence-corrected chi connectivity index (χ0v) is 11.8. The summed E-state index contributed by atoms with van der Waals surface area (Å²) < 4.78 is 1.71. The molecule has 0 bridgehead atoms. The quantitative estimate of drug-likeness (QED) is 0.877. The number of anilines is 1. The number of hydrogen-bond donors (Lipinski definition) is 2. The van der Waals surface area contributed by atoms with Gasteiger partial charge in [0.2, 0.25) is 5.91 Å². The summed E-state index contributed by atoms with van der Waals surface area (Å²) in [4.78, 5) is 12.4. The molecule has 20 heavy (non-hydrogen) atoms. The van der Waals surface area contributed by atoms with Crippen LogP contribution in [0.15, 0.2) is 42.7 Å². The standard InChI is InChI=1S/C15H20N4O/c1-3-15(16,4-2)14(20)18-12-8-5-6-9-13(12)19-11-7-10-17-19/h5-11H,3-4,16H2,1-2H3,(H,18,20). The first-order chi connectivity index (χ1) is 9.60. The molecule has 1 aromatic carbocycles. The molecule has 0 aliphatic heterocycles. The van der Waals surface area contributed by atoms with Gasteiger partial charge in [0.1, 0.15) is 0 Å². The van der Waals surface area contributed by atoms with Crippen molar-refractivity contribution in [3.63, 3.8) is 0 Å². The minimum atomic E-state index is -0.836. The normalized spacial score (nSPS) is 11.3. The zero-order valence-electron chi connectivity index (χ0n) is 11.8. The average molecular weight is 272 g/mol. The lowest BCUT2D eigenvalue weighted by atomic mass is 9.93. The third kappa shape index (κ3) is 2.72. The molecule has 1 aromatic heterocycles. The van der Waals surface area contributed by atoms with Crippen LogP contribution in [0.25, 0.3) is 5.69 Å². The fourth-order valence-electron chi connectivity index (χ4n) is 2.01. The number of nitrogens with zero attached hydrogens (tertiary/aromatic N) is 2. The van der Waals surface area contributed by atoms with E-state index < -0.39 is 5.54 Å². The van der Waals surface area contributed by atoms with Gasteiger partial charge in [0.05, 0.1) is 16.9 Å². The van der Waals surface area contributed by atoms with E-state index in [-0.39, 0.29) is 5.91 Å². The fourth-order valence-corrected chi connectivity index (χ4v) is 2.01. The summed E-state index contributed by atoms with van der Waals surface area (Å²) in [6.07, 6.45) is 4.72. The molecule has 5 nitrogen and oxygen atoms in total. The van der Waals surface area contributed by atoms with Crippen LogP contribution >= 0.6 is 0 Å². The van der Waals surface area contributed by atoms with E-state index in [9.17, 15) is 4.79 Å². The number of carbonyl (C=O) groups excluding carboxylic acids is 1. The smallest absolute Gasteiger partial charge is 0.244 e. The molecule has 2 aromatic rings. The lowest BCUT2D eigenvalue weighted by Gasteiger charge is -2.25. The molecule has 0 spiro atoms. The van der Waals surface area contributed by atoms with Crippen LogP contribution in [0.1, 0.15) is 26.7 Å². The summed E-state index contributed by atoms with van der Waals surface area (Å²) >= 11 is 0. The predicted octanol–water partition coefficient (Wildman–Crippen LogP) is 2.33. The molecule has 5 heteroatoms. The number of rotatable bonds is 5. The number of aromatic nitrogens is 2. The fraction of sp³-hybridized carbons (Fsp3) is 0.333. The van der Waals surface area contributed by atoms with Crippen molar-refractivity contribution in [2.45, 2.75) is 32.2 Å². The van der Waals surface area contributed by atoms with Crippen molar-refractivity contribution in [2.24, 2.45) is 5.73 Å². The summed E-state index contributed by atoms with van der Waals surface area (Å²) in [7, 11) is 0. The van der Waals surface area contributed by atoms with Crippen molar-refractivity contribution < 1.29 is 4.79 Å². The van der Waals surface area contributed by atoms with Crippen molar-refractivity contribution in [1.29, 1.82) is 0 Å². The largest absolute Gasteiger partial charge is 0.323 e. The van der Waals surface area contributed by atoms with E-state index in [1.54, 1.807) is 10.9 Å². The Balaban J connectivity index is 2.29. The monoisotopic (exact) mass is 272 g/mol. The van der Waals surface area contributed by atoms with Gasteiger partial charge >= 0.3 is 0 Å². The van der Waals surface area contributed by atoms with Crippen LogP contribution in [0.2, 0.25) is 0 Å². The first-order valence-corrected chi connectivity index (χ1v) is 6.80. The highest BCUT2D eigenvalue weighted by Crippen LogP contribution is 2.21. The Bertz CT molecular complexity index is 573. The van der Waals surface area contributed by atoms with E-state index in [0.29, 0.717) is 18.5 Å². The number of carbonyl (C=O) groups is 1. The molecule has 2 rings (SSSR count). The van der Waals surface area contributed by atoms with Crippen LogP contribution < -0.4 is 11.1 Å². The van der Waals surface area contributed by atoms with Gasteiger partial charge in [0.25, 0.3) is 0 Å². The van der Waals surface area contributed by atoms with Crippen LogP contribution in [0, 0.1) is 0 Å². The molecule has 0 radical (unpaired) electrons. The molecule has 1 amide bonds. The molecule has 0 fully saturated rings. The number of nitrogens with one attached hydrogen (secondary N) is 1. The second-order valence-corrected chi connectivity index (χ2v) is 4.79. The number of benzene rings is 1. The third-order valence-electron chi connectivity index (χ3n) is 3.62. The number of amides is 1. The molecule has 0 aliphatic rings. The van der Waals surface area contributed by atoms with E-state index >= 15 is 0 Å². The average Bonchev–Trinajstić information content (AvgIpc) is 3.01. The van der Waals surface area contributed by atoms with E-state index in [4.69, 9.17) is 5.73 Å². The van der Waals surface area contributed by atoms with Gasteiger partial charge in [-0.25, -0.2) is 4.68 Å². The van der Waals surface area contributed by atoms with Crippen LogP contribution in [0.5, 0.6) is 0 Å². The first-order valence-electron chi connectivity index (χ1n) is 6.80. The molecule has 0 saturated carbocycles. The summed E-state index contributed by atoms with van der Waals surface area (Å²) in [5, 5.41) is 7.11. The Kier molecular flexibility index (Phi) is 4.20. The van der Waals surface area contributed by atoms with Crippen molar-refractivity contribution in [3.8, 4) is 5.69 Å². The first kappa shape index (κ1) is 14.3. The molecule has 0 saturated heterocycles. The lowest BCUT2D eigenvalue weighted by molar-refractivity contribution is -0.121. The highest BCUT2D eigenvalue weighted by molar-refractivity contribution is 5.99. The molecule has 3 N–H and O–H groups in total. The van der Waals surface area contributed by atoms with Crippen LogP contribution in [0.4, 0.5) is 5.69 Å². The van der Waals surface area contributed by atoms with Gasteiger partial charge in [-0.05, 0) is 31.0 Å². The van der Waals surface area contributed by atoms with E-state index in [0.717, 1.165) is 5.69 Å². The Labute approximate surface area is 118 Å². The molecule has 106 valence electrons. The van der Waals surface area contributed by atoms with Crippen molar-refractivity contribution in [3.05, 3.63) is 42.7 Å². The summed E-state index contributed by atoms with van der Waals surface area (Å²) in [6.45, 7) is 3.84. The van der Waals surface area contributed by atoms with E-state index in [2.05, 4.69) is 10.4 Å². The Hall–Kier alpha value is -2.14. The molecular weight excluding hydrogens is 252 g/mol. The Morgan fingerprint density at radius 1 is 1.30 bits per heavy atom. The van der Waals surface area contributed by atoms with Gasteiger partial charge in [0.15, 0.2) is 0 Å². The van der Waals surface area contributed by atoms with Crippen molar-refractivity contribution in [1.82, 2.24) is 9.78 Å². The van der Waals surface area contributed by atoms with E-state index in [1.165, 1.54) is 0 Å². The molecule has 0 aliphatic carbocycles. The van der Waals surface area contributed by atoms with E-state index in [1.807, 2.05) is 50.4 Å². The molecule has 0 atom stereocenters. The summed E-state index contributed by atoms with van der Waals surface area (Å²) in [6, 6.07) is 9.37. The minimum absolute atomic E-state index is 0.165. The van der Waals surface area contributed by atoms with Gasteiger partial charge in [-0.15, -0.1) is 0 Å². The van der Waals surface area contributed by atoms with Gasteiger partial charge in [0, 0.05) is 12.4 Å². The SMILES string of the molecule is CCC(N)(CC)C(=O)Nc1ccccc1-n1cccn1. The molecule has 1 heterocycles. The molecule has 0 unspecified atom stereocenters. The number of hydrogen-bond acceptors (Lipinski definition) is 3. The Morgan fingerprint density at radius 3 is 2.60 bits per heavy atom. The second kappa shape index (κ2) is 5.88. The maximum Gasteiger partial charge on any atom is 0.244 e. The predicted molar refractivity (Wildman–Crippen MR) is 79.7 cm³/mol. The van der Waals surface area contributed by atoms with Crippen LogP contribution in [0.3, 0.4) is 0 Å². The summed E-state index contributed by atoms with van der Waals surface area (Å²) in [5.74, 6) is -0.165. The van der Waals surface area contributed by atoms with Gasteiger partial charge in [-0.1, -0.05) is 26.0 Å². The zero-order chi connectivity index (χ0) is 14.6. The third-order valence-corrected chi connectivity index (χ3v) is 3.62. The highest BCUT2D eigenvalue weighted by Gasteiger charge is 2.30. The number of nitrogens with two attached hydrogens (primary N) is 1. The minimum Gasteiger partial charge on any atom is -0.323 e. The number of para-hydroxylation sites is 2. The van der Waals surface area contributed by atoms with Gasteiger partial charge in [-0.2, -0.15) is 5.10 Å². The maximum absolute atomic E-state index is 12.4. The maximum atomic E-state index is 12.4. The molecular formula is C15H20N4O. The van der Waals surface area contributed by atoms with Crippen molar-refractivity contribution in [2.75, 3.05) is 5.32 Å². The van der Waals surface area contributed by atoms with Gasteiger partial charge < -0.3 is 11.1 Å². The van der Waals surface area contributed by atoms with Crippen molar-refractivity contribution >= 4 is 11.6 Å². The summed E-state index contributed by atoms with van der Waals surface area (Å²) in [5.41, 5.74) is 6.81. The lowest BCUT2D eigenvalue weighted by Crippen LogP contribution is -2.50. The van der Waals surface area contributed by atoms with Crippen LogP contribution in [-0.4, -0.2) is 21.2 Å².